The van der Waals surface area contributed by atoms with Crippen molar-refractivity contribution in [1.29, 1.82) is 0 Å². The van der Waals surface area contributed by atoms with Gasteiger partial charge < -0.3 is 4.90 Å². The number of para-hydroxylation sites is 2. The minimum absolute atomic E-state index is 1.01. The van der Waals surface area contributed by atoms with Crippen LogP contribution in [-0.4, -0.2) is 19.8 Å². The molecular formula is C21H32N2. The van der Waals surface area contributed by atoms with E-state index >= 15 is 0 Å². The van der Waals surface area contributed by atoms with Crippen LogP contribution in [0.1, 0.15) is 45.7 Å². The van der Waals surface area contributed by atoms with Crippen LogP contribution in [0.25, 0.3) is 0 Å². The molecule has 0 N–H and O–H groups in total. The van der Waals surface area contributed by atoms with E-state index in [4.69, 9.17) is 4.99 Å². The first kappa shape index (κ1) is 20.9. The van der Waals surface area contributed by atoms with Gasteiger partial charge in [-0.1, -0.05) is 69.7 Å². The second-order valence-corrected chi connectivity index (χ2v) is 4.95. The Morgan fingerprint density at radius 2 is 1.35 bits per heavy atom. The predicted molar refractivity (Wildman–Crippen MR) is 107 cm³/mol. The number of aryl methyl sites for hydroxylation is 1. The molecule has 0 aliphatic carbocycles. The van der Waals surface area contributed by atoms with E-state index in [1.165, 1.54) is 11.1 Å². The van der Waals surface area contributed by atoms with Crippen LogP contribution in [0.5, 0.6) is 0 Å². The van der Waals surface area contributed by atoms with Gasteiger partial charge in [0.1, 0.15) is 0 Å². The van der Waals surface area contributed by atoms with Crippen LogP contribution >= 0.6 is 0 Å². The molecule has 0 unspecified atom stereocenters. The van der Waals surface area contributed by atoms with Crippen molar-refractivity contribution < 1.29 is 0 Å². The SMILES string of the molecule is CC.CC.CC(=Nc1ccccc1N(C)C)c1ccc(C)cc1. The molecule has 0 heterocycles. The summed E-state index contributed by atoms with van der Waals surface area (Å²) in [5.41, 5.74) is 5.61. The van der Waals surface area contributed by atoms with Crippen molar-refractivity contribution >= 4 is 17.1 Å². The highest BCUT2D eigenvalue weighted by atomic mass is 15.1. The largest absolute Gasteiger partial charge is 0.376 e. The van der Waals surface area contributed by atoms with Crippen molar-refractivity contribution in [2.75, 3.05) is 19.0 Å². The number of rotatable bonds is 3. The van der Waals surface area contributed by atoms with E-state index < -0.39 is 0 Å². The molecule has 0 bridgehead atoms. The highest BCUT2D eigenvalue weighted by molar-refractivity contribution is 6.01. The fraction of sp³-hybridized carbons (Fsp3) is 0.381. The molecule has 0 saturated carbocycles. The van der Waals surface area contributed by atoms with Gasteiger partial charge in [0.05, 0.1) is 11.4 Å². The fourth-order valence-electron chi connectivity index (χ4n) is 1.98. The van der Waals surface area contributed by atoms with E-state index in [1.54, 1.807) is 0 Å². The van der Waals surface area contributed by atoms with E-state index in [2.05, 4.69) is 49.1 Å². The van der Waals surface area contributed by atoms with Gasteiger partial charge in [-0.05, 0) is 31.5 Å². The molecule has 0 saturated heterocycles. The molecule has 23 heavy (non-hydrogen) atoms. The van der Waals surface area contributed by atoms with E-state index in [0.29, 0.717) is 0 Å². The second-order valence-electron chi connectivity index (χ2n) is 4.95. The van der Waals surface area contributed by atoms with Gasteiger partial charge in [0, 0.05) is 19.8 Å². The molecule has 2 aromatic carbocycles. The first-order chi connectivity index (χ1) is 11.1. The van der Waals surface area contributed by atoms with Crippen LogP contribution in [-0.2, 0) is 0 Å². The van der Waals surface area contributed by atoms with Gasteiger partial charge in [-0.3, -0.25) is 4.99 Å². The normalized spacial score (nSPS) is 10.0. The Balaban J connectivity index is 0.00000112. The number of aliphatic imine (C=N–C) groups is 1. The smallest absolute Gasteiger partial charge is 0.0866 e. The van der Waals surface area contributed by atoms with Crippen molar-refractivity contribution in [3.05, 3.63) is 59.7 Å². The molecule has 2 heteroatoms. The third-order valence-corrected chi connectivity index (χ3v) is 3.12. The van der Waals surface area contributed by atoms with Crippen LogP contribution in [0, 0.1) is 6.92 Å². The van der Waals surface area contributed by atoms with Gasteiger partial charge in [-0.15, -0.1) is 0 Å². The maximum absolute atomic E-state index is 4.76. The zero-order valence-electron chi connectivity index (χ0n) is 16.0. The number of benzene rings is 2. The zero-order chi connectivity index (χ0) is 17.8. The molecule has 0 fully saturated rings. The van der Waals surface area contributed by atoms with Gasteiger partial charge in [-0.2, -0.15) is 0 Å². The molecule has 0 aromatic heterocycles. The lowest BCUT2D eigenvalue weighted by molar-refractivity contribution is 1.13. The molecule has 0 aliphatic heterocycles. The van der Waals surface area contributed by atoms with Gasteiger partial charge in [0.25, 0.3) is 0 Å². The molecule has 0 aliphatic rings. The lowest BCUT2D eigenvalue weighted by Gasteiger charge is -2.15. The molecule has 126 valence electrons. The Bertz CT molecular complexity index is 581. The summed E-state index contributed by atoms with van der Waals surface area (Å²) >= 11 is 0. The van der Waals surface area contributed by atoms with Gasteiger partial charge in [-0.25, -0.2) is 0 Å². The Labute approximate surface area is 142 Å². The summed E-state index contributed by atoms with van der Waals surface area (Å²) in [6.45, 7) is 12.1. The Morgan fingerprint density at radius 1 is 0.826 bits per heavy atom. The molecule has 0 spiro atoms. The summed E-state index contributed by atoms with van der Waals surface area (Å²) in [4.78, 5) is 6.84. The van der Waals surface area contributed by atoms with Crippen molar-refractivity contribution in [1.82, 2.24) is 0 Å². The van der Waals surface area contributed by atoms with Crippen LogP contribution in [0.3, 0.4) is 0 Å². The second kappa shape index (κ2) is 11.5. The van der Waals surface area contributed by atoms with Gasteiger partial charge in [0.15, 0.2) is 0 Å². The highest BCUT2D eigenvalue weighted by Crippen LogP contribution is 2.27. The Hall–Kier alpha value is -2.09. The van der Waals surface area contributed by atoms with Crippen molar-refractivity contribution in [3.63, 3.8) is 0 Å². The molecular weight excluding hydrogens is 280 g/mol. The molecule has 2 aromatic rings. The molecule has 2 rings (SSSR count). The monoisotopic (exact) mass is 312 g/mol. The van der Waals surface area contributed by atoms with Crippen molar-refractivity contribution in [2.45, 2.75) is 41.5 Å². The number of nitrogens with zero attached hydrogens (tertiary/aromatic N) is 2. The Kier molecular flexibility index (Phi) is 10.4. The minimum Gasteiger partial charge on any atom is -0.376 e. The van der Waals surface area contributed by atoms with E-state index in [-0.39, 0.29) is 0 Å². The maximum Gasteiger partial charge on any atom is 0.0866 e. The van der Waals surface area contributed by atoms with Gasteiger partial charge in [0.2, 0.25) is 0 Å². The maximum atomic E-state index is 4.76. The van der Waals surface area contributed by atoms with Gasteiger partial charge >= 0.3 is 0 Å². The summed E-state index contributed by atoms with van der Waals surface area (Å²) < 4.78 is 0. The lowest BCUT2D eigenvalue weighted by Crippen LogP contribution is -2.08. The standard InChI is InChI=1S/C17H20N2.2C2H6/c1-13-9-11-15(12-10-13)14(2)18-16-7-5-6-8-17(16)19(3)4;2*1-2/h5-12H,1-4H3;2*1-2H3. The average molecular weight is 313 g/mol. The number of anilines is 1. The first-order valence-corrected chi connectivity index (χ1v) is 8.46. The summed E-state index contributed by atoms with van der Waals surface area (Å²) in [7, 11) is 4.07. The molecule has 2 nitrogen and oxygen atoms in total. The molecule has 0 radical (unpaired) electrons. The average Bonchev–Trinajstić information content (AvgIpc) is 2.59. The van der Waals surface area contributed by atoms with Crippen LogP contribution in [0.15, 0.2) is 53.5 Å². The summed E-state index contributed by atoms with van der Waals surface area (Å²) in [6, 6.07) is 16.7. The topological polar surface area (TPSA) is 15.6 Å². The summed E-state index contributed by atoms with van der Waals surface area (Å²) in [6.07, 6.45) is 0. The third-order valence-electron chi connectivity index (χ3n) is 3.12. The van der Waals surface area contributed by atoms with E-state index in [0.717, 1.165) is 17.1 Å². The first-order valence-electron chi connectivity index (χ1n) is 8.46. The van der Waals surface area contributed by atoms with Crippen LogP contribution < -0.4 is 4.90 Å². The molecule has 0 amide bonds. The van der Waals surface area contributed by atoms with Crippen molar-refractivity contribution in [2.24, 2.45) is 4.99 Å². The van der Waals surface area contributed by atoms with Crippen molar-refractivity contribution in [3.8, 4) is 0 Å². The molecule has 0 atom stereocenters. The summed E-state index contributed by atoms with van der Waals surface area (Å²) in [5, 5.41) is 0. The quantitative estimate of drug-likeness (QED) is 0.611. The summed E-state index contributed by atoms with van der Waals surface area (Å²) in [5.74, 6) is 0. The van der Waals surface area contributed by atoms with E-state index in [1.807, 2.05) is 60.0 Å². The highest BCUT2D eigenvalue weighted by Gasteiger charge is 2.03. The van der Waals surface area contributed by atoms with E-state index in [9.17, 15) is 0 Å². The third kappa shape index (κ3) is 6.68. The minimum atomic E-state index is 1.01. The predicted octanol–water partition coefficient (Wildman–Crippen LogP) is 6.25. The lowest BCUT2D eigenvalue weighted by atomic mass is 10.1. The van der Waals surface area contributed by atoms with Crippen LogP contribution in [0.4, 0.5) is 11.4 Å². The zero-order valence-corrected chi connectivity index (χ0v) is 16.0. The Morgan fingerprint density at radius 3 is 1.87 bits per heavy atom. The van der Waals surface area contributed by atoms with Crippen LogP contribution in [0.2, 0.25) is 0 Å². The fourth-order valence-corrected chi connectivity index (χ4v) is 1.98. The number of hydrogen-bond donors (Lipinski definition) is 0. The number of hydrogen-bond acceptors (Lipinski definition) is 2.